The van der Waals surface area contributed by atoms with Gasteiger partial charge in [0.25, 0.3) is 0 Å². The molecule has 0 aromatic heterocycles. The van der Waals surface area contributed by atoms with E-state index in [0.717, 1.165) is 30.0 Å². The van der Waals surface area contributed by atoms with E-state index >= 15 is 0 Å². The lowest BCUT2D eigenvalue weighted by Gasteiger charge is -2.39. The molecule has 4 N–H and O–H groups in total. The molecule has 0 aliphatic rings. The fraction of sp³-hybridized carbons (Fsp3) is 1.00. The first kappa shape index (κ1) is 14.1. The Morgan fingerprint density at radius 3 is 1.86 bits per heavy atom. The van der Waals surface area contributed by atoms with Gasteiger partial charge in [0.2, 0.25) is 0 Å². The summed E-state index contributed by atoms with van der Waals surface area (Å²) in [6, 6.07) is 0. The predicted molar refractivity (Wildman–Crippen MR) is 66.3 cm³/mol. The molecule has 0 heterocycles. The molecule has 0 bridgehead atoms. The van der Waals surface area contributed by atoms with E-state index in [0.29, 0.717) is 0 Å². The van der Waals surface area contributed by atoms with Crippen molar-refractivity contribution in [1.82, 2.24) is 20.9 Å². The molecule has 0 saturated heterocycles. The molecule has 14 heavy (non-hydrogen) atoms. The first-order valence-corrected chi connectivity index (χ1v) is 6.55. The van der Waals surface area contributed by atoms with Crippen molar-refractivity contribution in [3.05, 3.63) is 0 Å². The summed E-state index contributed by atoms with van der Waals surface area (Å²) >= 11 is 0. The maximum absolute atomic E-state index is 3.48. The molecule has 0 aliphatic heterocycles. The van der Waals surface area contributed by atoms with Gasteiger partial charge in [-0.2, -0.15) is 0 Å². The number of likely N-dealkylation sites (N-methyl/N-ethyl adjacent to an activating group) is 3. The Hall–Kier alpha value is 0.0569. The Morgan fingerprint density at radius 1 is 1.07 bits per heavy atom. The normalized spacial score (nSPS) is 16.1. The second-order valence-electron chi connectivity index (χ2n) is 3.53. The molecule has 0 radical (unpaired) electrons. The van der Waals surface area contributed by atoms with Crippen molar-refractivity contribution in [2.24, 2.45) is 0 Å². The van der Waals surface area contributed by atoms with Crippen molar-refractivity contribution in [2.75, 3.05) is 19.6 Å². The summed E-state index contributed by atoms with van der Waals surface area (Å²) in [7, 11) is 0.981. The highest BCUT2D eigenvalue weighted by atomic mass is 28.2. The number of nitrogens with one attached hydrogen (secondary N) is 4. The smallest absolute Gasteiger partial charge is 0.0887 e. The predicted octanol–water partition coefficient (Wildman–Crippen LogP) is -1.27. The van der Waals surface area contributed by atoms with Gasteiger partial charge in [-0.25, -0.2) is 0 Å². The van der Waals surface area contributed by atoms with Crippen molar-refractivity contribution in [1.29, 1.82) is 0 Å². The topological polar surface area (TPSA) is 48.1 Å². The zero-order valence-corrected chi connectivity index (χ0v) is 12.2. The summed E-state index contributed by atoms with van der Waals surface area (Å²) < 4.78 is 0. The quantitative estimate of drug-likeness (QED) is 0.303. The third kappa shape index (κ3) is 4.06. The molecule has 1 unspecified atom stereocenters. The van der Waals surface area contributed by atoms with Crippen LogP contribution in [0.5, 0.6) is 0 Å². The average molecular weight is 218 g/mol. The molecule has 0 aliphatic carbocycles. The third-order valence-corrected chi connectivity index (χ3v) is 3.50. The van der Waals surface area contributed by atoms with Crippen molar-refractivity contribution in [3.8, 4) is 0 Å². The van der Waals surface area contributed by atoms with Crippen LogP contribution in [0.25, 0.3) is 0 Å². The maximum atomic E-state index is 3.48. The molecule has 86 valence electrons. The minimum atomic E-state index is -0.0486. The van der Waals surface area contributed by atoms with E-state index in [2.05, 4.69) is 48.6 Å². The molecule has 5 heteroatoms. The second-order valence-corrected chi connectivity index (χ2v) is 4.03. The van der Waals surface area contributed by atoms with Crippen molar-refractivity contribution >= 4 is 10.4 Å². The molecule has 0 rings (SSSR count). The van der Waals surface area contributed by atoms with Crippen LogP contribution >= 0.6 is 0 Å². The Balaban J connectivity index is 4.37. The van der Waals surface area contributed by atoms with Crippen LogP contribution in [0.1, 0.15) is 27.7 Å². The second kappa shape index (κ2) is 7.36. The molecule has 1 atom stereocenters. The lowest BCUT2D eigenvalue weighted by molar-refractivity contribution is 0.212. The van der Waals surface area contributed by atoms with Gasteiger partial charge in [0.15, 0.2) is 0 Å². The van der Waals surface area contributed by atoms with Crippen molar-refractivity contribution in [2.45, 2.75) is 39.5 Å². The van der Waals surface area contributed by atoms with Crippen LogP contribution in [-0.4, -0.2) is 41.9 Å². The fourth-order valence-corrected chi connectivity index (χ4v) is 2.06. The number of hydrogen-bond donors (Lipinski definition) is 4. The van der Waals surface area contributed by atoms with Gasteiger partial charge >= 0.3 is 0 Å². The largest absolute Gasteiger partial charge is 0.327 e. The lowest BCUT2D eigenvalue weighted by Crippen LogP contribution is -2.70. The van der Waals surface area contributed by atoms with Crippen LogP contribution in [0.4, 0.5) is 0 Å². The summed E-state index contributed by atoms with van der Waals surface area (Å²) in [5, 5.41) is 10.4. The van der Waals surface area contributed by atoms with Gasteiger partial charge in [-0.15, -0.1) is 0 Å². The highest BCUT2D eigenvalue weighted by molar-refractivity contribution is 6.04. The number of hydrogen-bond acceptors (Lipinski definition) is 4. The first-order chi connectivity index (χ1) is 6.64. The van der Waals surface area contributed by atoms with E-state index < -0.39 is 0 Å². The van der Waals surface area contributed by atoms with Gasteiger partial charge in [-0.1, -0.05) is 20.8 Å². The van der Waals surface area contributed by atoms with Crippen LogP contribution in [0.15, 0.2) is 0 Å². The van der Waals surface area contributed by atoms with E-state index in [4.69, 9.17) is 0 Å². The molecular formula is C9H26N4Si. The van der Waals surface area contributed by atoms with Crippen LogP contribution in [0, 0.1) is 0 Å². The molecule has 0 aromatic rings. The van der Waals surface area contributed by atoms with Crippen LogP contribution < -0.4 is 20.9 Å². The Morgan fingerprint density at radius 2 is 1.57 bits per heavy atom. The molecule has 0 saturated carbocycles. The summed E-state index contributed by atoms with van der Waals surface area (Å²) in [5.41, 5.74) is -0.0486. The molecule has 4 nitrogen and oxygen atoms in total. The van der Waals surface area contributed by atoms with Gasteiger partial charge in [-0.3, -0.25) is 16.0 Å². The summed E-state index contributed by atoms with van der Waals surface area (Å²) in [6.45, 7) is 11.5. The zero-order valence-electron chi connectivity index (χ0n) is 10.2. The van der Waals surface area contributed by atoms with Crippen molar-refractivity contribution in [3.63, 3.8) is 0 Å². The SMILES string of the molecule is CCNC(NCC)C(C)(N[SiH3])NCC. The maximum Gasteiger partial charge on any atom is 0.0887 e. The zero-order chi connectivity index (χ0) is 11.0. The minimum absolute atomic E-state index is 0.0486. The average Bonchev–Trinajstić information content (AvgIpc) is 2.18. The van der Waals surface area contributed by atoms with Crippen LogP contribution in [0.3, 0.4) is 0 Å². The van der Waals surface area contributed by atoms with Gasteiger partial charge in [0, 0.05) is 0 Å². The Bertz CT molecular complexity index is 139. The number of rotatable bonds is 8. The Labute approximate surface area is 91.1 Å². The summed E-state index contributed by atoms with van der Waals surface area (Å²) in [5.74, 6) is 0. The van der Waals surface area contributed by atoms with Gasteiger partial charge in [-0.05, 0) is 26.6 Å². The molecule has 0 amide bonds. The van der Waals surface area contributed by atoms with E-state index in [-0.39, 0.29) is 11.8 Å². The third-order valence-electron chi connectivity index (χ3n) is 2.46. The van der Waals surface area contributed by atoms with Crippen LogP contribution in [-0.2, 0) is 0 Å². The molecule has 0 spiro atoms. The van der Waals surface area contributed by atoms with Gasteiger partial charge < -0.3 is 4.98 Å². The van der Waals surface area contributed by atoms with Crippen molar-refractivity contribution < 1.29 is 0 Å². The van der Waals surface area contributed by atoms with E-state index in [1.54, 1.807) is 0 Å². The highest BCUT2D eigenvalue weighted by Gasteiger charge is 2.29. The highest BCUT2D eigenvalue weighted by Crippen LogP contribution is 2.02. The van der Waals surface area contributed by atoms with Gasteiger partial charge in [0.1, 0.15) is 0 Å². The van der Waals surface area contributed by atoms with Crippen LogP contribution in [0.2, 0.25) is 0 Å². The molecule has 0 fully saturated rings. The van der Waals surface area contributed by atoms with E-state index in [9.17, 15) is 0 Å². The fourth-order valence-electron chi connectivity index (χ4n) is 1.59. The Kier molecular flexibility index (Phi) is 7.39. The first-order valence-electron chi connectivity index (χ1n) is 5.55. The molecular weight excluding hydrogens is 192 g/mol. The monoisotopic (exact) mass is 218 g/mol. The minimum Gasteiger partial charge on any atom is -0.327 e. The van der Waals surface area contributed by atoms with E-state index in [1.165, 1.54) is 0 Å². The summed E-state index contributed by atoms with van der Waals surface area (Å²) in [6.07, 6.45) is 0.273. The lowest BCUT2D eigenvalue weighted by atomic mass is 10.1. The molecule has 0 aromatic carbocycles. The van der Waals surface area contributed by atoms with Gasteiger partial charge in [0.05, 0.1) is 22.2 Å². The van der Waals surface area contributed by atoms with E-state index in [1.807, 2.05) is 0 Å². The summed E-state index contributed by atoms with van der Waals surface area (Å²) in [4.78, 5) is 3.45. The standard InChI is InChI=1S/C9H26N4Si/c1-5-10-8(11-6-2)9(4,13-14)12-7-3/h8,10-13H,5-7H2,1-4,14H3.